The molecule has 0 aliphatic rings. The van der Waals surface area contributed by atoms with E-state index in [0.717, 1.165) is 4.47 Å². The third-order valence-electron chi connectivity index (χ3n) is 3.04. The van der Waals surface area contributed by atoms with E-state index >= 15 is 0 Å². The van der Waals surface area contributed by atoms with Crippen molar-refractivity contribution < 1.29 is 0 Å². The molecule has 3 nitrogen and oxygen atoms in total. The summed E-state index contributed by atoms with van der Waals surface area (Å²) in [5.41, 5.74) is 1.21. The number of rotatable bonds is 3. The van der Waals surface area contributed by atoms with Gasteiger partial charge >= 0.3 is 0 Å². The van der Waals surface area contributed by atoms with Gasteiger partial charge in [-0.15, -0.1) is 0 Å². The topological polar surface area (TPSA) is 37.8 Å². The second-order valence-corrected chi connectivity index (χ2v) is 5.52. The maximum absolute atomic E-state index is 5.81. The van der Waals surface area contributed by atoms with Crippen molar-refractivity contribution in [3.05, 3.63) is 64.0 Å². The van der Waals surface area contributed by atoms with Gasteiger partial charge in [-0.3, -0.25) is 0 Å². The third-order valence-corrected chi connectivity index (χ3v) is 3.80. The largest absolute Gasteiger partial charge is 0.365 e. The molecule has 2 aromatic carbocycles. The highest BCUT2D eigenvalue weighted by atomic mass is 79.9. The highest BCUT2D eigenvalue weighted by Crippen LogP contribution is 2.23. The Balaban J connectivity index is 1.89. The summed E-state index contributed by atoms with van der Waals surface area (Å²) in [4.78, 5) is 8.08. The maximum Gasteiger partial charge on any atom is 0.224 e. The molecule has 1 aromatic heterocycles. The Morgan fingerprint density at radius 3 is 2.80 bits per heavy atom. The van der Waals surface area contributed by atoms with Crippen LogP contribution in [0.25, 0.3) is 10.8 Å². The molecule has 0 amide bonds. The fourth-order valence-corrected chi connectivity index (χ4v) is 2.56. The molecule has 0 atom stereocenters. The van der Waals surface area contributed by atoms with E-state index in [2.05, 4.69) is 61.5 Å². The van der Waals surface area contributed by atoms with Crippen LogP contribution in [0.2, 0.25) is 5.28 Å². The summed E-state index contributed by atoms with van der Waals surface area (Å²) in [5.74, 6) is 0.693. The zero-order valence-corrected chi connectivity index (χ0v) is 12.8. The summed E-state index contributed by atoms with van der Waals surface area (Å²) in [6.07, 6.45) is 1.64. The number of nitrogens with zero attached hydrogens (tertiary/aromatic N) is 2. The molecule has 1 N–H and O–H groups in total. The van der Waals surface area contributed by atoms with Gasteiger partial charge in [0.2, 0.25) is 5.28 Å². The zero-order chi connectivity index (χ0) is 13.9. The van der Waals surface area contributed by atoms with Crippen molar-refractivity contribution in [1.29, 1.82) is 0 Å². The average Bonchev–Trinajstić information content (AvgIpc) is 2.48. The lowest BCUT2D eigenvalue weighted by molar-refractivity contribution is 1.08. The molecule has 3 rings (SSSR count). The van der Waals surface area contributed by atoms with E-state index in [1.807, 2.05) is 12.1 Å². The van der Waals surface area contributed by atoms with E-state index in [4.69, 9.17) is 11.6 Å². The smallest absolute Gasteiger partial charge is 0.224 e. The lowest BCUT2D eigenvalue weighted by Crippen LogP contribution is -2.03. The Kier molecular flexibility index (Phi) is 3.85. The van der Waals surface area contributed by atoms with Crippen LogP contribution in [0.4, 0.5) is 5.82 Å². The quantitative estimate of drug-likeness (QED) is 0.700. The SMILES string of the molecule is Clc1ncc(Br)c(NCc2cccc3ccccc23)n1. The Bertz CT molecular complexity index is 756. The number of aromatic nitrogens is 2. The fourth-order valence-electron chi connectivity index (χ4n) is 2.10. The molecule has 0 unspecified atom stereocenters. The van der Waals surface area contributed by atoms with Crippen LogP contribution in [-0.4, -0.2) is 9.97 Å². The lowest BCUT2D eigenvalue weighted by atomic mass is 10.0. The standard InChI is InChI=1S/C15H11BrClN3/c16-13-9-19-15(17)20-14(13)18-8-11-6-3-5-10-4-1-2-7-12(10)11/h1-7,9H,8H2,(H,18,19,20). The second-order valence-electron chi connectivity index (χ2n) is 4.33. The van der Waals surface area contributed by atoms with Gasteiger partial charge in [0.1, 0.15) is 5.82 Å². The third kappa shape index (κ3) is 2.76. The molecule has 0 radical (unpaired) electrons. The summed E-state index contributed by atoms with van der Waals surface area (Å²) in [6, 6.07) is 14.6. The van der Waals surface area contributed by atoms with Gasteiger partial charge in [0.05, 0.1) is 4.47 Å². The van der Waals surface area contributed by atoms with E-state index in [1.165, 1.54) is 16.3 Å². The Morgan fingerprint density at radius 2 is 1.90 bits per heavy atom. The first-order valence-corrected chi connectivity index (χ1v) is 7.30. The van der Waals surface area contributed by atoms with E-state index in [-0.39, 0.29) is 5.28 Å². The average molecular weight is 349 g/mol. The van der Waals surface area contributed by atoms with Gasteiger partial charge < -0.3 is 5.32 Å². The summed E-state index contributed by atoms with van der Waals surface area (Å²) >= 11 is 9.22. The number of fused-ring (bicyclic) bond motifs is 1. The molecular weight excluding hydrogens is 338 g/mol. The molecule has 0 fully saturated rings. The van der Waals surface area contributed by atoms with Crippen molar-refractivity contribution >= 4 is 44.1 Å². The van der Waals surface area contributed by atoms with Gasteiger partial charge in [0, 0.05) is 12.7 Å². The molecule has 1 heterocycles. The highest BCUT2D eigenvalue weighted by molar-refractivity contribution is 9.10. The van der Waals surface area contributed by atoms with Crippen molar-refractivity contribution in [3.8, 4) is 0 Å². The molecule has 0 aliphatic carbocycles. The van der Waals surface area contributed by atoms with Gasteiger partial charge in [0.25, 0.3) is 0 Å². The van der Waals surface area contributed by atoms with Crippen molar-refractivity contribution in [2.24, 2.45) is 0 Å². The monoisotopic (exact) mass is 347 g/mol. The lowest BCUT2D eigenvalue weighted by Gasteiger charge is -2.10. The number of anilines is 1. The molecule has 3 aromatic rings. The molecule has 0 bridgehead atoms. The Labute approximate surface area is 130 Å². The first-order chi connectivity index (χ1) is 9.74. The van der Waals surface area contributed by atoms with Crippen LogP contribution in [0.15, 0.2) is 53.1 Å². The minimum absolute atomic E-state index is 0.230. The molecule has 100 valence electrons. The van der Waals surface area contributed by atoms with Gasteiger partial charge in [0.15, 0.2) is 0 Å². The fraction of sp³-hybridized carbons (Fsp3) is 0.0667. The van der Waals surface area contributed by atoms with Crippen molar-refractivity contribution in [2.45, 2.75) is 6.54 Å². The summed E-state index contributed by atoms with van der Waals surface area (Å²) in [6.45, 7) is 0.674. The van der Waals surface area contributed by atoms with Crippen molar-refractivity contribution in [3.63, 3.8) is 0 Å². The molecule has 0 saturated heterocycles. The number of nitrogens with one attached hydrogen (secondary N) is 1. The van der Waals surface area contributed by atoms with Crippen LogP contribution in [0.3, 0.4) is 0 Å². The van der Waals surface area contributed by atoms with Gasteiger partial charge in [-0.2, -0.15) is 4.98 Å². The van der Waals surface area contributed by atoms with E-state index in [1.54, 1.807) is 6.20 Å². The zero-order valence-electron chi connectivity index (χ0n) is 10.5. The van der Waals surface area contributed by atoms with Crippen LogP contribution < -0.4 is 5.32 Å². The van der Waals surface area contributed by atoms with E-state index in [0.29, 0.717) is 12.4 Å². The van der Waals surface area contributed by atoms with Gasteiger partial charge in [-0.25, -0.2) is 4.98 Å². The van der Waals surface area contributed by atoms with Crippen LogP contribution >= 0.6 is 27.5 Å². The van der Waals surface area contributed by atoms with Crippen LogP contribution in [0, 0.1) is 0 Å². The molecular formula is C15H11BrClN3. The first kappa shape index (κ1) is 13.3. The maximum atomic E-state index is 5.81. The van der Waals surface area contributed by atoms with Gasteiger partial charge in [-0.05, 0) is 43.9 Å². The Hall–Kier alpha value is -1.65. The van der Waals surface area contributed by atoms with E-state index in [9.17, 15) is 0 Å². The van der Waals surface area contributed by atoms with Crippen LogP contribution in [0.5, 0.6) is 0 Å². The number of halogens is 2. The van der Waals surface area contributed by atoms with Gasteiger partial charge in [-0.1, -0.05) is 42.5 Å². The number of hydrogen-bond acceptors (Lipinski definition) is 3. The van der Waals surface area contributed by atoms with Crippen molar-refractivity contribution in [2.75, 3.05) is 5.32 Å². The normalized spacial score (nSPS) is 10.7. The predicted molar refractivity (Wildman–Crippen MR) is 86.0 cm³/mol. The predicted octanol–water partition coefficient (Wildman–Crippen LogP) is 4.66. The summed E-state index contributed by atoms with van der Waals surface area (Å²) < 4.78 is 0.794. The van der Waals surface area contributed by atoms with Crippen LogP contribution in [0.1, 0.15) is 5.56 Å². The first-order valence-electron chi connectivity index (χ1n) is 6.12. The van der Waals surface area contributed by atoms with E-state index < -0.39 is 0 Å². The van der Waals surface area contributed by atoms with Crippen molar-refractivity contribution in [1.82, 2.24) is 9.97 Å². The number of hydrogen-bond donors (Lipinski definition) is 1. The molecule has 0 aliphatic heterocycles. The second kappa shape index (κ2) is 5.77. The van der Waals surface area contributed by atoms with Crippen LogP contribution in [-0.2, 0) is 6.54 Å². The number of benzene rings is 2. The molecule has 0 saturated carbocycles. The Morgan fingerprint density at radius 1 is 1.10 bits per heavy atom. The minimum atomic E-state index is 0.230. The minimum Gasteiger partial charge on any atom is -0.365 e. The highest BCUT2D eigenvalue weighted by Gasteiger charge is 2.05. The summed E-state index contributed by atoms with van der Waals surface area (Å²) in [7, 11) is 0. The molecule has 5 heteroatoms. The summed E-state index contributed by atoms with van der Waals surface area (Å²) in [5, 5.41) is 5.97. The molecule has 0 spiro atoms. The molecule has 20 heavy (non-hydrogen) atoms.